The van der Waals surface area contributed by atoms with Crippen molar-refractivity contribution in [2.45, 2.75) is 25.8 Å². The molecule has 4 heteroatoms. The molecule has 4 nitrogen and oxygen atoms in total. The fraction of sp³-hybridized carbons (Fsp3) is 0.350. The molecule has 1 heterocycles. The number of hydrogen-bond acceptors (Lipinski definition) is 2. The Bertz CT molecular complexity index is 648. The Balaban J connectivity index is 1.66. The van der Waals surface area contributed by atoms with Crippen LogP contribution in [-0.2, 0) is 0 Å². The van der Waals surface area contributed by atoms with E-state index in [1.165, 1.54) is 18.4 Å². The molecule has 1 unspecified atom stereocenters. The smallest absolute Gasteiger partial charge is 0.319 e. The average Bonchev–Trinajstić information content (AvgIpc) is 3.10. The molecule has 2 aromatic rings. The first kappa shape index (κ1) is 16.5. The summed E-state index contributed by atoms with van der Waals surface area (Å²) in [6.07, 6.45) is 2.49. The summed E-state index contributed by atoms with van der Waals surface area (Å²) >= 11 is 0. The molecule has 0 bridgehead atoms. The van der Waals surface area contributed by atoms with Gasteiger partial charge in [-0.25, -0.2) is 4.79 Å². The highest BCUT2D eigenvalue weighted by atomic mass is 16.2. The molecule has 0 radical (unpaired) electrons. The van der Waals surface area contributed by atoms with Crippen LogP contribution in [0.4, 0.5) is 10.5 Å². The number of rotatable bonds is 5. The summed E-state index contributed by atoms with van der Waals surface area (Å²) in [5.41, 5.74) is 3.13. The van der Waals surface area contributed by atoms with E-state index in [9.17, 15) is 4.79 Å². The predicted octanol–water partition coefficient (Wildman–Crippen LogP) is 3.95. The maximum absolute atomic E-state index is 12.4. The predicted molar refractivity (Wildman–Crippen MR) is 98.2 cm³/mol. The van der Waals surface area contributed by atoms with Gasteiger partial charge in [-0.15, -0.1) is 0 Å². The molecule has 126 valence electrons. The number of carbonyl (C=O) groups is 1. The molecule has 0 spiro atoms. The van der Waals surface area contributed by atoms with Crippen molar-refractivity contribution < 1.29 is 4.79 Å². The molecule has 3 rings (SSSR count). The van der Waals surface area contributed by atoms with Crippen molar-refractivity contribution in [3.8, 4) is 0 Å². The van der Waals surface area contributed by atoms with Crippen LogP contribution >= 0.6 is 0 Å². The Morgan fingerprint density at radius 3 is 2.38 bits per heavy atom. The number of carbonyl (C=O) groups excluding carboxylic acids is 1. The summed E-state index contributed by atoms with van der Waals surface area (Å²) in [6, 6.07) is 17.9. The van der Waals surface area contributed by atoms with Gasteiger partial charge in [-0.05, 0) is 50.6 Å². The molecule has 0 aliphatic carbocycles. The zero-order chi connectivity index (χ0) is 16.8. The van der Waals surface area contributed by atoms with E-state index >= 15 is 0 Å². The second-order valence-corrected chi connectivity index (χ2v) is 6.44. The van der Waals surface area contributed by atoms with Crippen LogP contribution in [0.3, 0.4) is 0 Å². The molecule has 1 saturated heterocycles. The number of likely N-dealkylation sites (tertiary alicyclic amines) is 1. The van der Waals surface area contributed by atoms with Gasteiger partial charge in [0.05, 0.1) is 6.04 Å². The molecular weight excluding hydrogens is 298 g/mol. The third-order valence-electron chi connectivity index (χ3n) is 4.46. The van der Waals surface area contributed by atoms with Crippen molar-refractivity contribution in [2.24, 2.45) is 0 Å². The second kappa shape index (κ2) is 7.97. The highest BCUT2D eigenvalue weighted by Gasteiger charge is 2.20. The van der Waals surface area contributed by atoms with E-state index in [-0.39, 0.29) is 12.1 Å². The first-order valence-electron chi connectivity index (χ1n) is 8.62. The summed E-state index contributed by atoms with van der Waals surface area (Å²) in [5, 5.41) is 6.06. The summed E-state index contributed by atoms with van der Waals surface area (Å²) in [7, 11) is 0. The molecule has 1 atom stereocenters. The van der Waals surface area contributed by atoms with E-state index in [4.69, 9.17) is 0 Å². The fourth-order valence-corrected chi connectivity index (χ4v) is 3.11. The van der Waals surface area contributed by atoms with Crippen LogP contribution < -0.4 is 10.6 Å². The zero-order valence-corrected chi connectivity index (χ0v) is 14.2. The molecule has 1 aliphatic rings. The Morgan fingerprint density at radius 1 is 1.04 bits per heavy atom. The van der Waals surface area contributed by atoms with Crippen molar-refractivity contribution in [3.05, 3.63) is 65.7 Å². The number of urea groups is 1. The Hall–Kier alpha value is -2.33. The second-order valence-electron chi connectivity index (χ2n) is 6.44. The third kappa shape index (κ3) is 4.59. The Kier molecular flexibility index (Phi) is 5.49. The van der Waals surface area contributed by atoms with Crippen LogP contribution in [0.15, 0.2) is 54.6 Å². The van der Waals surface area contributed by atoms with Gasteiger partial charge in [-0.2, -0.15) is 0 Å². The number of benzene rings is 2. The summed E-state index contributed by atoms with van der Waals surface area (Å²) in [4.78, 5) is 14.8. The van der Waals surface area contributed by atoms with Gasteiger partial charge in [-0.3, -0.25) is 0 Å². The van der Waals surface area contributed by atoms with Crippen LogP contribution in [0.25, 0.3) is 0 Å². The molecule has 0 saturated carbocycles. The standard InChI is InChI=1S/C20H25N3O/c1-16-9-11-18(12-10-16)21-20(24)22-19(15-23-13-5-6-14-23)17-7-3-2-4-8-17/h2-4,7-12,19H,5-6,13-15H2,1H3,(H2,21,22,24). The molecule has 2 amide bonds. The van der Waals surface area contributed by atoms with Crippen LogP contribution in [-0.4, -0.2) is 30.6 Å². The van der Waals surface area contributed by atoms with Crippen molar-refractivity contribution in [3.63, 3.8) is 0 Å². The highest BCUT2D eigenvalue weighted by molar-refractivity contribution is 5.89. The Morgan fingerprint density at radius 2 is 1.71 bits per heavy atom. The van der Waals surface area contributed by atoms with E-state index in [0.717, 1.165) is 30.9 Å². The molecule has 2 aromatic carbocycles. The first-order valence-corrected chi connectivity index (χ1v) is 8.62. The number of nitrogens with zero attached hydrogens (tertiary/aromatic N) is 1. The Labute approximate surface area is 143 Å². The van der Waals surface area contributed by atoms with Gasteiger partial charge in [0, 0.05) is 12.2 Å². The van der Waals surface area contributed by atoms with Gasteiger partial charge in [0.2, 0.25) is 0 Å². The molecular formula is C20H25N3O. The number of hydrogen-bond donors (Lipinski definition) is 2. The van der Waals surface area contributed by atoms with Gasteiger partial charge in [0.15, 0.2) is 0 Å². The van der Waals surface area contributed by atoms with Crippen molar-refractivity contribution in [1.82, 2.24) is 10.2 Å². The average molecular weight is 323 g/mol. The van der Waals surface area contributed by atoms with Crippen LogP contribution in [0.2, 0.25) is 0 Å². The van der Waals surface area contributed by atoms with Crippen LogP contribution in [0.1, 0.15) is 30.0 Å². The van der Waals surface area contributed by atoms with E-state index in [0.29, 0.717) is 0 Å². The molecule has 1 aliphatic heterocycles. The summed E-state index contributed by atoms with van der Waals surface area (Å²) in [5.74, 6) is 0. The number of anilines is 1. The highest BCUT2D eigenvalue weighted by Crippen LogP contribution is 2.18. The lowest BCUT2D eigenvalue weighted by Gasteiger charge is -2.25. The van der Waals surface area contributed by atoms with Gasteiger partial charge >= 0.3 is 6.03 Å². The third-order valence-corrected chi connectivity index (χ3v) is 4.46. The zero-order valence-electron chi connectivity index (χ0n) is 14.2. The number of amides is 2. The fourth-order valence-electron chi connectivity index (χ4n) is 3.11. The maximum atomic E-state index is 12.4. The quantitative estimate of drug-likeness (QED) is 0.875. The van der Waals surface area contributed by atoms with E-state index in [1.54, 1.807) is 0 Å². The van der Waals surface area contributed by atoms with E-state index in [2.05, 4.69) is 27.7 Å². The molecule has 24 heavy (non-hydrogen) atoms. The van der Waals surface area contributed by atoms with Crippen molar-refractivity contribution >= 4 is 11.7 Å². The van der Waals surface area contributed by atoms with E-state index < -0.39 is 0 Å². The first-order chi connectivity index (χ1) is 11.7. The van der Waals surface area contributed by atoms with Crippen molar-refractivity contribution in [1.29, 1.82) is 0 Å². The topological polar surface area (TPSA) is 44.4 Å². The van der Waals surface area contributed by atoms with Gasteiger partial charge in [-0.1, -0.05) is 48.0 Å². The van der Waals surface area contributed by atoms with Gasteiger partial charge in [0.25, 0.3) is 0 Å². The van der Waals surface area contributed by atoms with Crippen molar-refractivity contribution in [2.75, 3.05) is 25.0 Å². The lowest BCUT2D eigenvalue weighted by molar-refractivity contribution is 0.240. The normalized spacial score (nSPS) is 15.9. The SMILES string of the molecule is Cc1ccc(NC(=O)NC(CN2CCCC2)c2ccccc2)cc1. The monoisotopic (exact) mass is 323 g/mol. The molecule has 2 N–H and O–H groups in total. The minimum Gasteiger partial charge on any atom is -0.330 e. The van der Waals surface area contributed by atoms with Crippen LogP contribution in [0.5, 0.6) is 0 Å². The number of aryl methyl sites for hydroxylation is 1. The minimum absolute atomic E-state index is 0.00486. The lowest BCUT2D eigenvalue weighted by atomic mass is 10.1. The lowest BCUT2D eigenvalue weighted by Crippen LogP contribution is -2.39. The largest absolute Gasteiger partial charge is 0.330 e. The maximum Gasteiger partial charge on any atom is 0.319 e. The minimum atomic E-state index is -0.160. The van der Waals surface area contributed by atoms with Gasteiger partial charge < -0.3 is 15.5 Å². The molecule has 0 aromatic heterocycles. The molecule has 1 fully saturated rings. The summed E-state index contributed by atoms with van der Waals surface area (Å²) in [6.45, 7) is 5.12. The van der Waals surface area contributed by atoms with Crippen LogP contribution in [0, 0.1) is 6.92 Å². The van der Waals surface area contributed by atoms with E-state index in [1.807, 2.05) is 49.4 Å². The number of nitrogens with one attached hydrogen (secondary N) is 2. The van der Waals surface area contributed by atoms with Gasteiger partial charge in [0.1, 0.15) is 0 Å². The summed E-state index contributed by atoms with van der Waals surface area (Å²) < 4.78 is 0.